The summed E-state index contributed by atoms with van der Waals surface area (Å²) in [5.74, 6) is 0. The maximum absolute atomic E-state index is 10.7. The molecule has 0 aliphatic carbocycles. The SMILES string of the molecule is CC(C)[Si](O[C@@H]1[C@@H](N)[C@@H](O)O[C@@H]2O[Si](C(C)(C)C)(C(C)(C)C)O[C@@H]21)(C(C)C)C(C)C. The van der Waals surface area contributed by atoms with Crippen LogP contribution in [0.5, 0.6) is 0 Å². The molecule has 0 aromatic rings. The summed E-state index contributed by atoms with van der Waals surface area (Å²) >= 11 is 0. The molecule has 0 radical (unpaired) electrons. The van der Waals surface area contributed by atoms with Crippen LogP contribution in [0, 0.1) is 0 Å². The number of rotatable bonds is 5. The van der Waals surface area contributed by atoms with Gasteiger partial charge in [0.05, 0.1) is 12.1 Å². The highest BCUT2D eigenvalue weighted by Gasteiger charge is 2.68. The molecule has 6 nitrogen and oxygen atoms in total. The standard InChI is InChI=1S/C22H47NO5Si2/c1-13(2)29(14(3)4,15(5)6)26-17-16(23)19(24)25-20-18(17)27-30(28-20,21(7,8)9)22(10,11)12/h13-20,24H,23H2,1-12H3/t16-,17-,18-,19+,20-/m1/s1. The smallest absolute Gasteiger partial charge is 0.351 e. The summed E-state index contributed by atoms with van der Waals surface area (Å²) in [6.45, 7) is 26.5. The van der Waals surface area contributed by atoms with Crippen molar-refractivity contribution in [2.45, 2.75) is 141 Å². The zero-order valence-corrected chi connectivity index (χ0v) is 23.3. The highest BCUT2D eigenvalue weighted by atomic mass is 28.4. The average Bonchev–Trinajstić information content (AvgIpc) is 2.94. The molecule has 2 heterocycles. The van der Waals surface area contributed by atoms with E-state index in [-0.39, 0.29) is 10.1 Å². The number of hydrogen-bond acceptors (Lipinski definition) is 6. The molecular formula is C22H47NO5Si2. The van der Waals surface area contributed by atoms with E-state index in [1.54, 1.807) is 0 Å². The summed E-state index contributed by atoms with van der Waals surface area (Å²) in [6.07, 6.45) is -2.69. The van der Waals surface area contributed by atoms with Gasteiger partial charge in [0.2, 0.25) is 8.32 Å². The fourth-order valence-electron chi connectivity index (χ4n) is 6.06. The van der Waals surface area contributed by atoms with E-state index in [1.807, 2.05) is 0 Å². The van der Waals surface area contributed by atoms with Crippen LogP contribution in [0.4, 0.5) is 0 Å². The molecule has 2 aliphatic heterocycles. The monoisotopic (exact) mass is 461 g/mol. The highest BCUT2D eigenvalue weighted by Crippen LogP contribution is 2.58. The van der Waals surface area contributed by atoms with Crippen molar-refractivity contribution in [3.8, 4) is 0 Å². The predicted octanol–water partition coefficient (Wildman–Crippen LogP) is 5.01. The molecule has 0 unspecified atom stereocenters. The van der Waals surface area contributed by atoms with Gasteiger partial charge in [0.1, 0.15) is 6.10 Å². The van der Waals surface area contributed by atoms with Crippen LogP contribution in [0.2, 0.25) is 26.7 Å². The van der Waals surface area contributed by atoms with E-state index >= 15 is 0 Å². The maximum Gasteiger partial charge on any atom is 0.351 e. The number of fused-ring (bicyclic) bond motifs is 1. The second kappa shape index (κ2) is 8.52. The lowest BCUT2D eigenvalue weighted by atomic mass is 10.0. The van der Waals surface area contributed by atoms with Gasteiger partial charge in [0.25, 0.3) is 0 Å². The molecular weight excluding hydrogens is 414 g/mol. The fourth-order valence-corrected chi connectivity index (χ4v) is 16.5. The molecule has 178 valence electrons. The molecule has 3 N–H and O–H groups in total. The zero-order valence-electron chi connectivity index (χ0n) is 21.3. The van der Waals surface area contributed by atoms with E-state index in [4.69, 9.17) is 23.7 Å². The van der Waals surface area contributed by atoms with Crippen molar-refractivity contribution < 1.29 is 23.1 Å². The van der Waals surface area contributed by atoms with Crippen molar-refractivity contribution in [3.63, 3.8) is 0 Å². The Kier molecular flexibility index (Phi) is 7.51. The Morgan fingerprint density at radius 2 is 1.30 bits per heavy atom. The van der Waals surface area contributed by atoms with Crippen LogP contribution in [0.3, 0.4) is 0 Å². The number of aliphatic hydroxyl groups excluding tert-OH is 1. The van der Waals surface area contributed by atoms with E-state index in [9.17, 15) is 5.11 Å². The number of aliphatic hydroxyl groups is 1. The van der Waals surface area contributed by atoms with Crippen molar-refractivity contribution in [2.24, 2.45) is 5.73 Å². The van der Waals surface area contributed by atoms with E-state index in [1.165, 1.54) is 0 Å². The lowest BCUT2D eigenvalue weighted by Crippen LogP contribution is -2.65. The van der Waals surface area contributed by atoms with Gasteiger partial charge in [-0.15, -0.1) is 0 Å². The average molecular weight is 462 g/mol. The third-order valence-electron chi connectivity index (χ3n) is 7.18. The minimum Gasteiger partial charge on any atom is -0.409 e. The molecule has 0 saturated carbocycles. The molecule has 0 aromatic carbocycles. The van der Waals surface area contributed by atoms with Gasteiger partial charge < -0.3 is 28.9 Å². The Labute approximate surface area is 186 Å². The lowest BCUT2D eigenvalue weighted by Gasteiger charge is -2.49. The second-order valence-corrected chi connectivity index (χ2v) is 22.3. The van der Waals surface area contributed by atoms with Gasteiger partial charge in [0, 0.05) is 10.1 Å². The third kappa shape index (κ3) is 4.11. The summed E-state index contributed by atoms with van der Waals surface area (Å²) < 4.78 is 26.5. The summed E-state index contributed by atoms with van der Waals surface area (Å²) in [4.78, 5) is 0. The molecule has 8 heteroatoms. The first kappa shape index (κ1) is 26.4. The largest absolute Gasteiger partial charge is 0.409 e. The highest BCUT2D eigenvalue weighted by molar-refractivity contribution is 6.77. The molecule has 0 spiro atoms. The van der Waals surface area contributed by atoms with Crippen molar-refractivity contribution in [1.29, 1.82) is 0 Å². The fraction of sp³-hybridized carbons (Fsp3) is 1.00. The predicted molar refractivity (Wildman–Crippen MR) is 126 cm³/mol. The Morgan fingerprint density at radius 1 is 0.867 bits per heavy atom. The van der Waals surface area contributed by atoms with Gasteiger partial charge in [0.15, 0.2) is 12.6 Å². The first-order valence-corrected chi connectivity index (χ1v) is 15.5. The molecule has 0 amide bonds. The normalized spacial score (nSPS) is 32.9. The molecule has 0 bridgehead atoms. The molecule has 5 atom stereocenters. The molecule has 30 heavy (non-hydrogen) atoms. The zero-order chi connectivity index (χ0) is 23.4. The Balaban J connectivity index is 2.53. The first-order valence-electron chi connectivity index (χ1n) is 11.5. The molecule has 2 rings (SSSR count). The Hall–Kier alpha value is 0.194. The lowest BCUT2D eigenvalue weighted by molar-refractivity contribution is -0.264. The van der Waals surface area contributed by atoms with Crippen molar-refractivity contribution >= 4 is 16.9 Å². The molecule has 0 aromatic heterocycles. The van der Waals surface area contributed by atoms with Gasteiger partial charge in [-0.25, -0.2) is 0 Å². The van der Waals surface area contributed by atoms with Gasteiger partial charge in [-0.1, -0.05) is 83.1 Å². The topological polar surface area (TPSA) is 83.2 Å². The van der Waals surface area contributed by atoms with Crippen LogP contribution in [0.15, 0.2) is 0 Å². The molecule has 2 fully saturated rings. The van der Waals surface area contributed by atoms with Crippen LogP contribution in [-0.2, 0) is 18.0 Å². The number of ether oxygens (including phenoxy) is 1. The van der Waals surface area contributed by atoms with Crippen molar-refractivity contribution in [2.75, 3.05) is 0 Å². The van der Waals surface area contributed by atoms with Crippen LogP contribution < -0.4 is 5.73 Å². The van der Waals surface area contributed by atoms with Crippen molar-refractivity contribution in [1.82, 2.24) is 0 Å². The van der Waals surface area contributed by atoms with Gasteiger partial charge in [-0.05, 0) is 16.6 Å². The third-order valence-corrected chi connectivity index (χ3v) is 18.4. The first-order chi connectivity index (χ1) is 13.4. The molecule has 2 saturated heterocycles. The summed E-state index contributed by atoms with van der Waals surface area (Å²) in [5, 5.41) is 10.3. The van der Waals surface area contributed by atoms with Gasteiger partial charge in [-0.3, -0.25) is 0 Å². The van der Waals surface area contributed by atoms with Crippen LogP contribution in [-0.4, -0.2) is 52.8 Å². The number of nitrogens with two attached hydrogens (primary N) is 1. The maximum atomic E-state index is 10.7. The van der Waals surface area contributed by atoms with Gasteiger partial charge >= 0.3 is 8.56 Å². The van der Waals surface area contributed by atoms with E-state index in [0.717, 1.165) is 0 Å². The van der Waals surface area contributed by atoms with E-state index in [2.05, 4.69) is 83.1 Å². The van der Waals surface area contributed by atoms with Gasteiger partial charge in [-0.2, -0.15) is 0 Å². The Morgan fingerprint density at radius 3 is 1.67 bits per heavy atom. The quantitative estimate of drug-likeness (QED) is 0.560. The summed E-state index contributed by atoms with van der Waals surface area (Å²) in [6, 6.07) is -0.678. The summed E-state index contributed by atoms with van der Waals surface area (Å²) in [7, 11) is -5.03. The van der Waals surface area contributed by atoms with E-state index in [0.29, 0.717) is 16.6 Å². The van der Waals surface area contributed by atoms with Crippen LogP contribution >= 0.6 is 0 Å². The number of hydrogen-bond donors (Lipinski definition) is 2. The minimum absolute atomic E-state index is 0.186. The summed E-state index contributed by atoms with van der Waals surface area (Å²) in [5.41, 5.74) is 7.70. The second-order valence-electron chi connectivity index (χ2n) is 12.2. The Bertz CT molecular complexity index is 564. The van der Waals surface area contributed by atoms with Crippen LogP contribution in [0.25, 0.3) is 0 Å². The van der Waals surface area contributed by atoms with E-state index < -0.39 is 47.7 Å². The molecule has 2 aliphatic rings. The van der Waals surface area contributed by atoms with Crippen molar-refractivity contribution in [3.05, 3.63) is 0 Å². The van der Waals surface area contributed by atoms with Crippen LogP contribution in [0.1, 0.15) is 83.1 Å². The minimum atomic E-state index is -2.78.